The van der Waals surface area contributed by atoms with Gasteiger partial charge < -0.3 is 0 Å². The Morgan fingerprint density at radius 3 is 2.47 bits per heavy atom. The summed E-state index contributed by atoms with van der Waals surface area (Å²) < 4.78 is 0. The van der Waals surface area contributed by atoms with E-state index in [1.54, 1.807) is 0 Å². The highest BCUT2D eigenvalue weighted by Gasteiger charge is 2.13. The molecule has 3 heteroatoms. The zero-order valence-corrected chi connectivity index (χ0v) is 10.4. The molecule has 3 nitrogen and oxygen atoms in total. The van der Waals surface area contributed by atoms with Gasteiger partial charge in [-0.15, -0.1) is 0 Å². The number of aryl methyl sites for hydroxylation is 1. The van der Waals surface area contributed by atoms with Crippen molar-refractivity contribution in [2.45, 2.75) is 27.2 Å². The van der Waals surface area contributed by atoms with Crippen LogP contribution in [0, 0.1) is 12.8 Å². The van der Waals surface area contributed by atoms with Crippen molar-refractivity contribution < 1.29 is 4.79 Å². The smallest absolute Gasteiger partial charge is 0.141 e. The average molecular weight is 228 g/mol. The highest BCUT2D eigenvalue weighted by molar-refractivity contribution is 5.91. The topological polar surface area (TPSA) is 42.9 Å². The van der Waals surface area contributed by atoms with Crippen molar-refractivity contribution in [1.82, 2.24) is 10.2 Å². The molecule has 0 aliphatic heterocycles. The number of carbonyl (C=O) groups is 1. The molecular formula is C14H16N2O. The van der Waals surface area contributed by atoms with Crippen LogP contribution >= 0.6 is 0 Å². The molecule has 0 radical (unpaired) electrons. The van der Waals surface area contributed by atoms with Crippen molar-refractivity contribution in [3.8, 4) is 0 Å². The molecular weight excluding hydrogens is 212 g/mol. The predicted molar refractivity (Wildman–Crippen MR) is 67.8 cm³/mol. The van der Waals surface area contributed by atoms with E-state index in [1.165, 1.54) is 0 Å². The third-order valence-corrected chi connectivity index (χ3v) is 2.93. The van der Waals surface area contributed by atoms with Crippen LogP contribution in [0.1, 0.15) is 25.2 Å². The molecule has 2 rings (SSSR count). The Morgan fingerprint density at radius 1 is 1.18 bits per heavy atom. The van der Waals surface area contributed by atoms with Crippen molar-refractivity contribution in [2.75, 3.05) is 0 Å². The number of carbonyl (C=O) groups excluding carboxylic acids is 1. The van der Waals surface area contributed by atoms with Crippen LogP contribution in [0.5, 0.6) is 0 Å². The number of benzene rings is 1. The van der Waals surface area contributed by atoms with E-state index in [9.17, 15) is 4.79 Å². The highest BCUT2D eigenvalue weighted by atomic mass is 16.1. The first-order chi connectivity index (χ1) is 8.09. The minimum Gasteiger partial charge on any atom is -0.299 e. The standard InChI is InChI=1S/C14H16N2O/c1-9(2)14(17)8-13-12-7-5-4-6-11(12)10(3)15-16-13/h4-7,9H,8H2,1-3H3. The summed E-state index contributed by atoms with van der Waals surface area (Å²) in [5.74, 6) is 0.241. The van der Waals surface area contributed by atoms with Gasteiger partial charge in [-0.1, -0.05) is 38.1 Å². The Hall–Kier alpha value is -1.77. The van der Waals surface area contributed by atoms with Crippen molar-refractivity contribution in [3.05, 3.63) is 35.7 Å². The maximum Gasteiger partial charge on any atom is 0.141 e. The summed E-state index contributed by atoms with van der Waals surface area (Å²) in [6.07, 6.45) is 0.367. The fourth-order valence-corrected chi connectivity index (χ4v) is 1.79. The molecule has 0 atom stereocenters. The lowest BCUT2D eigenvalue weighted by atomic mass is 10.0. The van der Waals surface area contributed by atoms with E-state index in [4.69, 9.17) is 0 Å². The van der Waals surface area contributed by atoms with E-state index in [2.05, 4.69) is 10.2 Å². The summed E-state index contributed by atoms with van der Waals surface area (Å²) in [6.45, 7) is 5.75. The molecule has 0 fully saturated rings. The SMILES string of the molecule is Cc1nnc(CC(=O)C(C)C)c2ccccc12. The molecule has 0 bridgehead atoms. The van der Waals surface area contributed by atoms with Crippen LogP contribution in [0.15, 0.2) is 24.3 Å². The van der Waals surface area contributed by atoms with Gasteiger partial charge in [0.1, 0.15) is 5.78 Å². The predicted octanol–water partition coefficient (Wildman–Crippen LogP) is 2.71. The lowest BCUT2D eigenvalue weighted by Crippen LogP contribution is -2.12. The molecule has 1 aromatic heterocycles. The average Bonchev–Trinajstić information content (AvgIpc) is 2.33. The third kappa shape index (κ3) is 2.33. The molecule has 0 spiro atoms. The van der Waals surface area contributed by atoms with Crippen LogP contribution in [0.25, 0.3) is 10.8 Å². The zero-order chi connectivity index (χ0) is 12.4. The number of Topliss-reactive ketones (excluding diaryl/α,β-unsaturated/α-hetero) is 1. The van der Waals surface area contributed by atoms with Crippen LogP contribution in [0.3, 0.4) is 0 Å². The van der Waals surface area contributed by atoms with Gasteiger partial charge in [-0.25, -0.2) is 0 Å². The van der Waals surface area contributed by atoms with Crippen LogP contribution in [0.2, 0.25) is 0 Å². The summed E-state index contributed by atoms with van der Waals surface area (Å²) in [5, 5.41) is 10.4. The summed E-state index contributed by atoms with van der Waals surface area (Å²) >= 11 is 0. The van der Waals surface area contributed by atoms with Gasteiger partial charge in [0.15, 0.2) is 0 Å². The lowest BCUT2D eigenvalue weighted by molar-refractivity contribution is -0.121. The molecule has 0 aliphatic carbocycles. The van der Waals surface area contributed by atoms with Gasteiger partial charge in [0.25, 0.3) is 0 Å². The summed E-state index contributed by atoms with van der Waals surface area (Å²) in [6, 6.07) is 7.96. The summed E-state index contributed by atoms with van der Waals surface area (Å²) in [7, 11) is 0. The van der Waals surface area contributed by atoms with Crippen molar-refractivity contribution >= 4 is 16.6 Å². The second-order valence-corrected chi connectivity index (χ2v) is 4.58. The molecule has 1 heterocycles. The zero-order valence-electron chi connectivity index (χ0n) is 10.4. The van der Waals surface area contributed by atoms with Gasteiger partial charge in [-0.05, 0) is 6.92 Å². The largest absolute Gasteiger partial charge is 0.299 e. The second kappa shape index (κ2) is 4.62. The summed E-state index contributed by atoms with van der Waals surface area (Å²) in [5.41, 5.74) is 1.69. The molecule has 0 saturated carbocycles. The van der Waals surface area contributed by atoms with E-state index in [0.717, 1.165) is 22.2 Å². The minimum absolute atomic E-state index is 0.0388. The summed E-state index contributed by atoms with van der Waals surface area (Å²) in [4.78, 5) is 11.8. The Balaban J connectivity index is 2.48. The molecule has 0 amide bonds. The molecule has 0 N–H and O–H groups in total. The number of fused-ring (bicyclic) bond motifs is 1. The monoisotopic (exact) mass is 228 g/mol. The fraction of sp³-hybridized carbons (Fsp3) is 0.357. The third-order valence-electron chi connectivity index (χ3n) is 2.93. The van der Waals surface area contributed by atoms with E-state index in [-0.39, 0.29) is 11.7 Å². The Kier molecular flexibility index (Phi) is 3.18. The number of ketones is 1. The fourth-order valence-electron chi connectivity index (χ4n) is 1.79. The van der Waals surface area contributed by atoms with Crippen molar-refractivity contribution in [2.24, 2.45) is 5.92 Å². The van der Waals surface area contributed by atoms with Gasteiger partial charge in [-0.2, -0.15) is 10.2 Å². The van der Waals surface area contributed by atoms with E-state index in [1.807, 2.05) is 45.0 Å². The first kappa shape index (κ1) is 11.7. The van der Waals surface area contributed by atoms with Gasteiger partial charge in [0, 0.05) is 16.7 Å². The van der Waals surface area contributed by atoms with E-state index < -0.39 is 0 Å². The maximum absolute atomic E-state index is 11.8. The number of nitrogens with zero attached hydrogens (tertiary/aromatic N) is 2. The number of aromatic nitrogens is 2. The number of rotatable bonds is 3. The normalized spacial score (nSPS) is 11.1. The second-order valence-electron chi connectivity index (χ2n) is 4.58. The first-order valence-corrected chi connectivity index (χ1v) is 5.83. The first-order valence-electron chi connectivity index (χ1n) is 5.83. The quantitative estimate of drug-likeness (QED) is 0.811. The van der Waals surface area contributed by atoms with Crippen LogP contribution in [-0.2, 0) is 11.2 Å². The molecule has 2 aromatic rings. The maximum atomic E-state index is 11.8. The van der Waals surface area contributed by atoms with E-state index in [0.29, 0.717) is 6.42 Å². The minimum atomic E-state index is 0.0388. The lowest BCUT2D eigenvalue weighted by Gasteiger charge is -2.07. The number of hydrogen-bond acceptors (Lipinski definition) is 3. The van der Waals surface area contributed by atoms with Crippen molar-refractivity contribution in [3.63, 3.8) is 0 Å². The molecule has 17 heavy (non-hydrogen) atoms. The van der Waals surface area contributed by atoms with Gasteiger partial charge in [0.05, 0.1) is 17.8 Å². The Bertz CT molecular complexity index is 561. The van der Waals surface area contributed by atoms with Gasteiger partial charge in [-0.3, -0.25) is 4.79 Å². The molecule has 1 aromatic carbocycles. The molecule has 0 saturated heterocycles. The van der Waals surface area contributed by atoms with Crippen LogP contribution < -0.4 is 0 Å². The van der Waals surface area contributed by atoms with Crippen molar-refractivity contribution in [1.29, 1.82) is 0 Å². The van der Waals surface area contributed by atoms with Gasteiger partial charge in [0.2, 0.25) is 0 Å². The van der Waals surface area contributed by atoms with E-state index >= 15 is 0 Å². The highest BCUT2D eigenvalue weighted by Crippen LogP contribution is 2.19. The van der Waals surface area contributed by atoms with Gasteiger partial charge >= 0.3 is 0 Å². The molecule has 0 unspecified atom stereocenters. The van der Waals surface area contributed by atoms with Crippen LogP contribution in [0.4, 0.5) is 0 Å². The Morgan fingerprint density at radius 2 is 1.82 bits per heavy atom. The van der Waals surface area contributed by atoms with Crippen LogP contribution in [-0.4, -0.2) is 16.0 Å². The molecule has 0 aliphatic rings. The Labute approximate surface area is 101 Å². The number of hydrogen-bond donors (Lipinski definition) is 0. The molecule has 88 valence electrons.